The highest BCUT2D eigenvalue weighted by Gasteiger charge is 2.23. The molecule has 0 aliphatic carbocycles. The molecule has 2 N–H and O–H groups in total. The third kappa shape index (κ3) is 3.93. The molecule has 0 saturated heterocycles. The van der Waals surface area contributed by atoms with Gasteiger partial charge in [-0.15, -0.1) is 0 Å². The van der Waals surface area contributed by atoms with Crippen LogP contribution in [0.25, 0.3) is 11.3 Å². The molecule has 29 heavy (non-hydrogen) atoms. The number of rotatable bonds is 6. The summed E-state index contributed by atoms with van der Waals surface area (Å²) in [6.45, 7) is 0. The molecule has 0 amide bonds. The normalized spacial score (nSPS) is 10.1. The first kappa shape index (κ1) is 19.6. The van der Waals surface area contributed by atoms with Crippen molar-refractivity contribution in [2.75, 3.05) is 11.5 Å². The van der Waals surface area contributed by atoms with Crippen molar-refractivity contribution < 1.29 is 14.1 Å². The van der Waals surface area contributed by atoms with Gasteiger partial charge in [0.25, 0.3) is 5.69 Å². The van der Waals surface area contributed by atoms with Crippen LogP contribution in [0.2, 0.25) is 0 Å². The number of nitrogens with two attached hydrogens (primary N) is 1. The number of nitrogen functional groups attached to an aromatic ring is 1. The molecule has 9 nitrogen and oxygen atoms in total. The topological polar surface area (TPSA) is 160 Å². The largest absolute Gasteiger partial charge is 0.464 e. The molecule has 10 heteroatoms. The summed E-state index contributed by atoms with van der Waals surface area (Å²) in [7, 11) is 0. The van der Waals surface area contributed by atoms with Crippen LogP contribution in [0.1, 0.15) is 21.5 Å². The Bertz CT molecular complexity index is 1180. The number of anilines is 1. The number of Topliss-reactive ketones (excluding diaryl/α,β-unsaturated/α-hetero) is 1. The number of pyridine rings is 1. The van der Waals surface area contributed by atoms with E-state index < -0.39 is 4.92 Å². The molecule has 0 atom stereocenters. The van der Waals surface area contributed by atoms with E-state index in [1.54, 1.807) is 12.1 Å². The SMILES string of the molecule is N#Cc1c(N)nc(SCC(=O)c2ccc([N+](=O)[O-])cc2)c(C#N)c1-c1ccco1. The Hall–Kier alpha value is -4.15. The summed E-state index contributed by atoms with van der Waals surface area (Å²) < 4.78 is 5.32. The number of nitriles is 2. The number of hydrogen-bond donors (Lipinski definition) is 1. The van der Waals surface area contributed by atoms with E-state index >= 15 is 0 Å². The van der Waals surface area contributed by atoms with Crippen molar-refractivity contribution in [2.45, 2.75) is 5.03 Å². The van der Waals surface area contributed by atoms with Crippen LogP contribution in [-0.4, -0.2) is 21.4 Å². The van der Waals surface area contributed by atoms with Crippen LogP contribution in [0.5, 0.6) is 0 Å². The van der Waals surface area contributed by atoms with E-state index in [4.69, 9.17) is 10.2 Å². The summed E-state index contributed by atoms with van der Waals surface area (Å²) >= 11 is 0.982. The number of carbonyl (C=O) groups excluding carboxylic acids is 1. The molecule has 3 aromatic rings. The molecule has 2 aromatic heterocycles. The minimum atomic E-state index is -0.554. The number of aromatic nitrogens is 1. The minimum Gasteiger partial charge on any atom is -0.464 e. The first-order valence-electron chi connectivity index (χ1n) is 8.04. The van der Waals surface area contributed by atoms with E-state index in [1.807, 2.05) is 12.1 Å². The van der Waals surface area contributed by atoms with E-state index in [2.05, 4.69) is 4.98 Å². The summed E-state index contributed by atoms with van der Waals surface area (Å²) in [4.78, 5) is 26.7. The summed E-state index contributed by atoms with van der Waals surface area (Å²) in [6.07, 6.45) is 1.40. The molecular weight excluding hydrogens is 394 g/mol. The average molecular weight is 405 g/mol. The van der Waals surface area contributed by atoms with Crippen LogP contribution in [0.3, 0.4) is 0 Å². The van der Waals surface area contributed by atoms with Crippen molar-refractivity contribution in [3.63, 3.8) is 0 Å². The zero-order valence-electron chi connectivity index (χ0n) is 14.7. The van der Waals surface area contributed by atoms with E-state index in [0.717, 1.165) is 11.8 Å². The van der Waals surface area contributed by atoms with Gasteiger partial charge in [0.05, 0.1) is 28.1 Å². The number of thioether (sulfide) groups is 1. The Labute approximate surface area is 168 Å². The highest BCUT2D eigenvalue weighted by molar-refractivity contribution is 8.00. The van der Waals surface area contributed by atoms with Gasteiger partial charge in [0.1, 0.15) is 34.3 Å². The number of nitrogens with zero attached hydrogens (tertiary/aromatic N) is 4. The molecule has 3 rings (SSSR count). The molecule has 0 unspecified atom stereocenters. The molecule has 2 heterocycles. The maximum Gasteiger partial charge on any atom is 0.269 e. The smallest absolute Gasteiger partial charge is 0.269 e. The van der Waals surface area contributed by atoms with Crippen molar-refractivity contribution >= 4 is 29.1 Å². The van der Waals surface area contributed by atoms with E-state index in [1.165, 1.54) is 30.5 Å². The number of furan rings is 1. The van der Waals surface area contributed by atoms with Gasteiger partial charge in [0.15, 0.2) is 5.78 Å². The van der Waals surface area contributed by atoms with Crippen molar-refractivity contribution in [3.05, 3.63) is 69.5 Å². The standard InChI is InChI=1S/C19H11N5O4S/c20-8-13-17(16-2-1-7-28-16)14(9-21)19(23-18(13)22)29-10-15(25)11-3-5-12(6-4-11)24(26)27/h1-7H,10H2,(H2,22,23). The van der Waals surface area contributed by atoms with Crippen LogP contribution >= 0.6 is 11.8 Å². The fourth-order valence-corrected chi connectivity index (χ4v) is 3.45. The molecule has 0 bridgehead atoms. The van der Waals surface area contributed by atoms with Crippen LogP contribution < -0.4 is 5.73 Å². The highest BCUT2D eigenvalue weighted by atomic mass is 32.2. The highest BCUT2D eigenvalue weighted by Crippen LogP contribution is 2.36. The molecule has 1 aromatic carbocycles. The van der Waals surface area contributed by atoms with Gasteiger partial charge in [0.2, 0.25) is 0 Å². The Morgan fingerprint density at radius 3 is 2.45 bits per heavy atom. The zero-order chi connectivity index (χ0) is 21.0. The lowest BCUT2D eigenvalue weighted by Gasteiger charge is -2.10. The Balaban J connectivity index is 1.92. The van der Waals surface area contributed by atoms with Crippen molar-refractivity contribution in [1.29, 1.82) is 10.5 Å². The number of benzene rings is 1. The lowest BCUT2D eigenvalue weighted by Crippen LogP contribution is -2.06. The van der Waals surface area contributed by atoms with Crippen LogP contribution in [0.4, 0.5) is 11.5 Å². The van der Waals surface area contributed by atoms with E-state index in [-0.39, 0.29) is 56.1 Å². The molecule has 142 valence electrons. The lowest BCUT2D eigenvalue weighted by atomic mass is 10.0. The van der Waals surface area contributed by atoms with Crippen LogP contribution in [0, 0.1) is 32.8 Å². The van der Waals surface area contributed by atoms with Gasteiger partial charge in [-0.25, -0.2) is 4.98 Å². The number of ketones is 1. The van der Waals surface area contributed by atoms with Gasteiger partial charge >= 0.3 is 0 Å². The van der Waals surface area contributed by atoms with E-state index in [0.29, 0.717) is 0 Å². The van der Waals surface area contributed by atoms with Gasteiger partial charge < -0.3 is 10.2 Å². The molecule has 0 aliphatic rings. The second kappa shape index (κ2) is 8.25. The maximum absolute atomic E-state index is 12.4. The molecule has 0 aliphatic heterocycles. The van der Waals surface area contributed by atoms with Crippen molar-refractivity contribution in [1.82, 2.24) is 4.98 Å². The number of nitro benzene ring substituents is 1. The maximum atomic E-state index is 12.4. The first-order valence-corrected chi connectivity index (χ1v) is 9.02. The predicted molar refractivity (Wildman–Crippen MR) is 104 cm³/mol. The number of nitro groups is 1. The van der Waals surface area contributed by atoms with Gasteiger partial charge in [0, 0.05) is 17.7 Å². The second-order valence-electron chi connectivity index (χ2n) is 5.64. The Morgan fingerprint density at radius 2 is 1.90 bits per heavy atom. The minimum absolute atomic E-state index is 0.0162. The lowest BCUT2D eigenvalue weighted by molar-refractivity contribution is -0.384. The summed E-state index contributed by atoms with van der Waals surface area (Å²) in [5, 5.41) is 29.9. The number of carbonyl (C=O) groups is 1. The first-order chi connectivity index (χ1) is 14.0. The molecule has 0 radical (unpaired) electrons. The average Bonchev–Trinajstić information content (AvgIpc) is 3.25. The molecule has 0 spiro atoms. The predicted octanol–water partition coefficient (Wildman–Crippen LogP) is 3.55. The molecular formula is C19H11N5O4S. The summed E-state index contributed by atoms with van der Waals surface area (Å²) in [5.41, 5.74) is 6.36. The molecule has 0 fully saturated rings. The monoisotopic (exact) mass is 405 g/mol. The fraction of sp³-hybridized carbons (Fsp3) is 0.0526. The third-order valence-electron chi connectivity index (χ3n) is 3.92. The van der Waals surface area contributed by atoms with Gasteiger partial charge in [-0.3, -0.25) is 14.9 Å². The van der Waals surface area contributed by atoms with Crippen molar-refractivity contribution in [3.8, 4) is 23.5 Å². The quantitative estimate of drug-likeness (QED) is 0.280. The summed E-state index contributed by atoms with van der Waals surface area (Å²) in [6, 6.07) is 12.3. The molecule has 0 saturated carbocycles. The third-order valence-corrected chi connectivity index (χ3v) is 4.90. The van der Waals surface area contributed by atoms with Gasteiger partial charge in [-0.2, -0.15) is 10.5 Å². The van der Waals surface area contributed by atoms with Crippen molar-refractivity contribution in [2.24, 2.45) is 0 Å². The number of hydrogen-bond acceptors (Lipinski definition) is 9. The second-order valence-corrected chi connectivity index (χ2v) is 6.61. The Kier molecular flexibility index (Phi) is 5.58. The van der Waals surface area contributed by atoms with Gasteiger partial charge in [-0.1, -0.05) is 11.8 Å². The van der Waals surface area contributed by atoms with Crippen LogP contribution in [-0.2, 0) is 0 Å². The fourth-order valence-electron chi connectivity index (χ4n) is 2.56. The van der Waals surface area contributed by atoms with Gasteiger partial charge in [-0.05, 0) is 24.3 Å². The zero-order valence-corrected chi connectivity index (χ0v) is 15.5. The number of non-ortho nitro benzene ring substituents is 1. The van der Waals surface area contributed by atoms with Crippen LogP contribution in [0.15, 0.2) is 52.1 Å². The Morgan fingerprint density at radius 1 is 1.21 bits per heavy atom. The summed E-state index contributed by atoms with van der Waals surface area (Å²) in [5.74, 6) is -0.181. The van der Waals surface area contributed by atoms with E-state index in [9.17, 15) is 25.4 Å².